The van der Waals surface area contributed by atoms with E-state index < -0.39 is 5.91 Å². The Morgan fingerprint density at radius 1 is 1.20 bits per heavy atom. The van der Waals surface area contributed by atoms with Crippen LogP contribution in [-0.2, 0) is 4.79 Å². The van der Waals surface area contributed by atoms with Crippen LogP contribution in [0.2, 0.25) is 10.0 Å². The fraction of sp³-hybridized carbons (Fsp3) is 0.304. The molecule has 0 aliphatic carbocycles. The van der Waals surface area contributed by atoms with Crippen LogP contribution in [0.5, 0.6) is 11.5 Å². The molecule has 5 nitrogen and oxygen atoms in total. The maximum atomic E-state index is 12.5. The Hall–Kier alpha value is -2.68. The van der Waals surface area contributed by atoms with Gasteiger partial charge in [0.15, 0.2) is 11.5 Å². The summed E-state index contributed by atoms with van der Waals surface area (Å²) in [5.41, 5.74) is 0.963. The van der Waals surface area contributed by atoms with Crippen LogP contribution in [0.25, 0.3) is 6.08 Å². The van der Waals surface area contributed by atoms with E-state index >= 15 is 0 Å². The molecular weight excluding hydrogens is 423 g/mol. The van der Waals surface area contributed by atoms with E-state index in [9.17, 15) is 10.1 Å². The Morgan fingerprint density at radius 2 is 2.00 bits per heavy atom. The number of anilines is 1. The quantitative estimate of drug-likeness (QED) is 0.256. The molecule has 2 aromatic carbocycles. The zero-order valence-electron chi connectivity index (χ0n) is 17.0. The molecule has 0 bridgehead atoms. The minimum absolute atomic E-state index is 0.0821. The van der Waals surface area contributed by atoms with Gasteiger partial charge >= 0.3 is 0 Å². The normalized spacial score (nSPS) is 11.0. The van der Waals surface area contributed by atoms with Crippen molar-refractivity contribution < 1.29 is 14.3 Å². The van der Waals surface area contributed by atoms with Gasteiger partial charge in [0, 0.05) is 10.7 Å². The topological polar surface area (TPSA) is 71.3 Å². The number of rotatable bonds is 10. The number of carbonyl (C=O) groups is 1. The van der Waals surface area contributed by atoms with Crippen molar-refractivity contribution in [1.82, 2.24) is 0 Å². The molecule has 0 unspecified atom stereocenters. The molecule has 0 saturated heterocycles. The largest absolute Gasteiger partial charge is 0.493 e. The fourth-order valence-corrected chi connectivity index (χ4v) is 3.21. The number of nitrogens with zero attached hydrogens (tertiary/aromatic N) is 1. The summed E-state index contributed by atoms with van der Waals surface area (Å²) in [6.07, 6.45) is 5.77. The lowest BCUT2D eigenvalue weighted by molar-refractivity contribution is -0.112. The van der Waals surface area contributed by atoms with Crippen LogP contribution >= 0.6 is 23.2 Å². The molecule has 0 fully saturated rings. The summed E-state index contributed by atoms with van der Waals surface area (Å²) in [7, 11) is 1.51. The molecular formula is C23H24Cl2N2O3. The number of nitriles is 1. The molecule has 0 aliphatic heterocycles. The molecule has 0 radical (unpaired) electrons. The number of amides is 1. The third-order valence-electron chi connectivity index (χ3n) is 4.25. The van der Waals surface area contributed by atoms with E-state index in [2.05, 4.69) is 12.2 Å². The minimum Gasteiger partial charge on any atom is -0.493 e. The zero-order valence-corrected chi connectivity index (χ0v) is 18.5. The Bertz CT molecular complexity index is 952. The van der Waals surface area contributed by atoms with Crippen LogP contribution in [0.3, 0.4) is 0 Å². The van der Waals surface area contributed by atoms with Crippen LogP contribution in [0.4, 0.5) is 5.69 Å². The van der Waals surface area contributed by atoms with Crippen molar-refractivity contribution in [3.63, 3.8) is 0 Å². The van der Waals surface area contributed by atoms with Crippen molar-refractivity contribution in [3.8, 4) is 17.6 Å². The summed E-state index contributed by atoms with van der Waals surface area (Å²) in [5, 5.41) is 12.9. The van der Waals surface area contributed by atoms with Gasteiger partial charge in [-0.15, -0.1) is 0 Å². The van der Waals surface area contributed by atoms with Gasteiger partial charge in [0.05, 0.1) is 18.7 Å². The average Bonchev–Trinajstić information content (AvgIpc) is 2.72. The molecule has 1 amide bonds. The SMILES string of the molecule is CCCCCCOc1c(Cl)cc(C=C(C#N)C(=O)Nc2cccc(Cl)c2)cc1OC. The first-order chi connectivity index (χ1) is 14.5. The van der Waals surface area contributed by atoms with Crippen LogP contribution in [-0.4, -0.2) is 19.6 Å². The highest BCUT2D eigenvalue weighted by molar-refractivity contribution is 6.32. The molecule has 0 heterocycles. The van der Waals surface area contributed by atoms with Crippen molar-refractivity contribution in [1.29, 1.82) is 5.26 Å². The Kier molecular flexibility index (Phi) is 9.53. The van der Waals surface area contributed by atoms with E-state index in [0.29, 0.717) is 39.4 Å². The van der Waals surface area contributed by atoms with Gasteiger partial charge in [-0.1, -0.05) is 55.5 Å². The molecule has 2 rings (SSSR count). The monoisotopic (exact) mass is 446 g/mol. The van der Waals surface area contributed by atoms with Crippen molar-refractivity contribution in [3.05, 3.63) is 57.6 Å². The number of nitrogens with one attached hydrogen (secondary N) is 1. The molecule has 0 saturated carbocycles. The van der Waals surface area contributed by atoms with E-state index in [0.717, 1.165) is 25.7 Å². The molecule has 1 N–H and O–H groups in total. The maximum Gasteiger partial charge on any atom is 0.266 e. The standard InChI is InChI=1S/C23H24Cl2N2O3/c1-3-4-5-6-10-30-22-20(25)12-16(13-21(22)29-2)11-17(15-26)23(28)27-19-9-7-8-18(24)14-19/h7-9,11-14H,3-6,10H2,1-2H3,(H,27,28). The number of benzene rings is 2. The van der Waals surface area contributed by atoms with Gasteiger partial charge in [0.25, 0.3) is 5.91 Å². The molecule has 0 atom stereocenters. The van der Waals surface area contributed by atoms with E-state index in [1.807, 2.05) is 6.07 Å². The van der Waals surface area contributed by atoms with Gasteiger partial charge in [0.2, 0.25) is 0 Å². The van der Waals surface area contributed by atoms with Gasteiger partial charge in [-0.3, -0.25) is 4.79 Å². The fourth-order valence-electron chi connectivity index (χ4n) is 2.75. The van der Waals surface area contributed by atoms with Crippen molar-refractivity contribution in [2.45, 2.75) is 32.6 Å². The molecule has 2 aromatic rings. The molecule has 0 aliphatic rings. The Balaban J connectivity index is 2.18. The molecule has 30 heavy (non-hydrogen) atoms. The summed E-state index contributed by atoms with van der Waals surface area (Å²) < 4.78 is 11.2. The summed E-state index contributed by atoms with van der Waals surface area (Å²) in [6.45, 7) is 2.69. The number of hydrogen-bond acceptors (Lipinski definition) is 4. The highest BCUT2D eigenvalue weighted by atomic mass is 35.5. The summed E-state index contributed by atoms with van der Waals surface area (Å²) >= 11 is 12.3. The number of unbranched alkanes of at least 4 members (excludes halogenated alkanes) is 3. The summed E-state index contributed by atoms with van der Waals surface area (Å²) in [5.74, 6) is 0.345. The van der Waals surface area contributed by atoms with Crippen LogP contribution in [0.15, 0.2) is 42.0 Å². The van der Waals surface area contributed by atoms with Crippen molar-refractivity contribution in [2.24, 2.45) is 0 Å². The van der Waals surface area contributed by atoms with E-state index in [4.69, 9.17) is 32.7 Å². The van der Waals surface area contributed by atoms with Crippen LogP contribution in [0.1, 0.15) is 38.2 Å². The smallest absolute Gasteiger partial charge is 0.266 e. The lowest BCUT2D eigenvalue weighted by Gasteiger charge is -2.13. The molecule has 158 valence electrons. The predicted molar refractivity (Wildman–Crippen MR) is 121 cm³/mol. The van der Waals surface area contributed by atoms with Gasteiger partial charge < -0.3 is 14.8 Å². The van der Waals surface area contributed by atoms with Gasteiger partial charge in [-0.2, -0.15) is 5.26 Å². The van der Waals surface area contributed by atoms with E-state index in [1.54, 1.807) is 36.4 Å². The highest BCUT2D eigenvalue weighted by Crippen LogP contribution is 2.37. The first kappa shape index (κ1) is 23.6. The Labute approximate surface area is 187 Å². The van der Waals surface area contributed by atoms with Crippen molar-refractivity contribution in [2.75, 3.05) is 19.0 Å². The molecule has 0 spiro atoms. The first-order valence-electron chi connectivity index (χ1n) is 9.67. The van der Waals surface area contributed by atoms with Gasteiger partial charge in [-0.25, -0.2) is 0 Å². The number of hydrogen-bond donors (Lipinski definition) is 1. The second-order valence-corrected chi connectivity index (χ2v) is 7.42. The number of carbonyl (C=O) groups excluding carboxylic acids is 1. The highest BCUT2D eigenvalue weighted by Gasteiger charge is 2.14. The van der Waals surface area contributed by atoms with Crippen LogP contribution < -0.4 is 14.8 Å². The number of methoxy groups -OCH3 is 1. The number of ether oxygens (including phenoxy) is 2. The zero-order chi connectivity index (χ0) is 21.9. The van der Waals surface area contributed by atoms with Crippen molar-refractivity contribution >= 4 is 40.9 Å². The second kappa shape index (κ2) is 12.1. The lowest BCUT2D eigenvalue weighted by atomic mass is 10.1. The lowest BCUT2D eigenvalue weighted by Crippen LogP contribution is -2.13. The average molecular weight is 447 g/mol. The Morgan fingerprint density at radius 3 is 2.67 bits per heavy atom. The van der Waals surface area contributed by atoms with Crippen LogP contribution in [0, 0.1) is 11.3 Å². The van der Waals surface area contributed by atoms with Gasteiger partial charge in [0.1, 0.15) is 11.6 Å². The summed E-state index contributed by atoms with van der Waals surface area (Å²) in [4.78, 5) is 12.5. The first-order valence-corrected chi connectivity index (χ1v) is 10.4. The molecule has 0 aromatic heterocycles. The minimum atomic E-state index is -0.550. The third kappa shape index (κ3) is 6.98. The second-order valence-electron chi connectivity index (χ2n) is 6.58. The van der Waals surface area contributed by atoms with E-state index in [-0.39, 0.29) is 5.57 Å². The maximum absolute atomic E-state index is 12.5. The third-order valence-corrected chi connectivity index (χ3v) is 4.77. The summed E-state index contributed by atoms with van der Waals surface area (Å²) in [6, 6.07) is 11.9. The number of halogens is 2. The van der Waals surface area contributed by atoms with Gasteiger partial charge in [-0.05, 0) is 48.4 Å². The van der Waals surface area contributed by atoms with E-state index in [1.165, 1.54) is 13.2 Å². The molecule has 7 heteroatoms. The predicted octanol–water partition coefficient (Wildman–Crippen LogP) is 6.51.